The molecule has 1 radical (unpaired) electrons. The molecule has 0 aromatic heterocycles. The zero-order valence-electron chi connectivity index (χ0n) is 8.10. The molecule has 0 N–H and O–H groups in total. The second-order valence-corrected chi connectivity index (χ2v) is 4.75. The summed E-state index contributed by atoms with van der Waals surface area (Å²) in [4.78, 5) is 0. The molecule has 2 aliphatic rings. The van der Waals surface area contributed by atoms with Crippen LogP contribution in [0.25, 0.3) is 0 Å². The average Bonchev–Trinajstić information content (AvgIpc) is 2.57. The van der Waals surface area contributed by atoms with Crippen LogP contribution >= 0.6 is 0 Å². The van der Waals surface area contributed by atoms with Crippen molar-refractivity contribution in [1.82, 2.24) is 0 Å². The normalized spacial score (nSPS) is 38.8. The molecule has 69 valence electrons. The highest BCUT2D eigenvalue weighted by Gasteiger charge is 2.30. The molecule has 2 rings (SSSR count). The van der Waals surface area contributed by atoms with E-state index >= 15 is 0 Å². The Kier molecular flexibility index (Phi) is 2.73. The molecule has 0 heteroatoms. The van der Waals surface area contributed by atoms with E-state index in [1.807, 2.05) is 0 Å². The van der Waals surface area contributed by atoms with Gasteiger partial charge in [-0.15, -0.1) is 0 Å². The monoisotopic (exact) mass is 165 g/mol. The summed E-state index contributed by atoms with van der Waals surface area (Å²) >= 11 is 0. The number of rotatable bonds is 1. The van der Waals surface area contributed by atoms with Gasteiger partial charge >= 0.3 is 0 Å². The maximum absolute atomic E-state index is 4.32. The van der Waals surface area contributed by atoms with E-state index in [0.717, 1.165) is 17.8 Å². The lowest BCUT2D eigenvalue weighted by Crippen LogP contribution is -2.23. The summed E-state index contributed by atoms with van der Waals surface area (Å²) < 4.78 is 0. The molecule has 0 spiro atoms. The third-order valence-electron chi connectivity index (χ3n) is 3.97. The molecule has 0 nitrogen and oxygen atoms in total. The van der Waals surface area contributed by atoms with Gasteiger partial charge in [-0.3, -0.25) is 0 Å². The van der Waals surface area contributed by atoms with Gasteiger partial charge in [0.2, 0.25) is 0 Å². The summed E-state index contributed by atoms with van der Waals surface area (Å²) in [6.07, 6.45) is 11.8. The van der Waals surface area contributed by atoms with Crippen molar-refractivity contribution < 1.29 is 0 Å². The molecule has 0 heterocycles. The Labute approximate surface area is 76.7 Å². The first-order valence-electron chi connectivity index (χ1n) is 5.71. The lowest BCUT2D eigenvalue weighted by molar-refractivity contribution is 0.195. The molecule has 0 saturated heterocycles. The molecular weight excluding hydrogens is 144 g/mol. The minimum absolute atomic E-state index is 0.793. The molecule has 0 aromatic rings. The lowest BCUT2D eigenvalue weighted by Gasteiger charge is -2.33. The third-order valence-corrected chi connectivity index (χ3v) is 3.97. The van der Waals surface area contributed by atoms with Crippen molar-refractivity contribution >= 4 is 0 Å². The summed E-state index contributed by atoms with van der Waals surface area (Å²) in [7, 11) is 0. The minimum atomic E-state index is 0.793. The Morgan fingerprint density at radius 3 is 2.00 bits per heavy atom. The van der Waals surface area contributed by atoms with Crippen molar-refractivity contribution in [1.29, 1.82) is 0 Å². The maximum Gasteiger partial charge on any atom is -0.0357 e. The van der Waals surface area contributed by atoms with Crippen molar-refractivity contribution in [2.75, 3.05) is 0 Å². The smallest absolute Gasteiger partial charge is 0.0357 e. The predicted octanol–water partition coefficient (Wildman–Crippen LogP) is 3.82. The van der Waals surface area contributed by atoms with Crippen LogP contribution in [0.15, 0.2) is 0 Å². The molecule has 0 aromatic carbocycles. The fourth-order valence-electron chi connectivity index (χ4n) is 3.24. The number of hydrogen-bond donors (Lipinski definition) is 0. The van der Waals surface area contributed by atoms with Crippen molar-refractivity contribution in [3.8, 4) is 0 Å². The quantitative estimate of drug-likeness (QED) is 0.554. The molecule has 0 aliphatic heterocycles. The molecule has 0 bridgehead atoms. The van der Waals surface area contributed by atoms with Crippen molar-refractivity contribution in [2.45, 2.75) is 51.4 Å². The Bertz CT molecular complexity index is 133. The lowest BCUT2D eigenvalue weighted by atomic mass is 9.73. The summed E-state index contributed by atoms with van der Waals surface area (Å²) in [6.45, 7) is 4.32. The van der Waals surface area contributed by atoms with Crippen molar-refractivity contribution in [3.63, 3.8) is 0 Å². The van der Waals surface area contributed by atoms with E-state index in [4.69, 9.17) is 0 Å². The maximum atomic E-state index is 4.32. The molecule has 2 saturated carbocycles. The van der Waals surface area contributed by atoms with Crippen LogP contribution in [0.1, 0.15) is 51.4 Å². The van der Waals surface area contributed by atoms with Gasteiger partial charge in [-0.25, -0.2) is 0 Å². The van der Waals surface area contributed by atoms with E-state index in [9.17, 15) is 0 Å². The van der Waals surface area contributed by atoms with Gasteiger partial charge in [0.05, 0.1) is 0 Å². The van der Waals surface area contributed by atoms with Crippen LogP contribution in [0, 0.1) is 24.7 Å². The van der Waals surface area contributed by atoms with Crippen LogP contribution in [-0.2, 0) is 0 Å². The van der Waals surface area contributed by atoms with Crippen LogP contribution in [0.4, 0.5) is 0 Å². The van der Waals surface area contributed by atoms with E-state index in [1.54, 1.807) is 0 Å². The number of hydrogen-bond acceptors (Lipinski definition) is 0. The zero-order valence-corrected chi connectivity index (χ0v) is 8.10. The highest BCUT2D eigenvalue weighted by Crippen LogP contribution is 2.41. The van der Waals surface area contributed by atoms with Gasteiger partial charge in [0.1, 0.15) is 0 Å². The molecule has 2 aliphatic carbocycles. The van der Waals surface area contributed by atoms with Crippen LogP contribution in [0.2, 0.25) is 0 Å². The first-order valence-corrected chi connectivity index (χ1v) is 5.71. The van der Waals surface area contributed by atoms with Crippen molar-refractivity contribution in [2.24, 2.45) is 17.8 Å². The predicted molar refractivity (Wildman–Crippen MR) is 52.8 cm³/mol. The topological polar surface area (TPSA) is 0 Å². The van der Waals surface area contributed by atoms with E-state index in [0.29, 0.717) is 0 Å². The second kappa shape index (κ2) is 3.81. The SMILES string of the molecule is [CH2]C1CCCCC1C1CCCC1. The Balaban J connectivity index is 1.91. The van der Waals surface area contributed by atoms with Gasteiger partial charge in [0, 0.05) is 0 Å². The average molecular weight is 165 g/mol. The van der Waals surface area contributed by atoms with Gasteiger partial charge in [-0.05, 0) is 31.1 Å². The standard InChI is InChI=1S/C12H21/c1-10-6-2-5-9-12(10)11-7-3-4-8-11/h10-12H,1-9H2. The van der Waals surface area contributed by atoms with E-state index in [-0.39, 0.29) is 0 Å². The van der Waals surface area contributed by atoms with Gasteiger partial charge in [-0.2, -0.15) is 0 Å². The van der Waals surface area contributed by atoms with E-state index in [1.165, 1.54) is 51.4 Å². The van der Waals surface area contributed by atoms with Crippen LogP contribution in [-0.4, -0.2) is 0 Å². The van der Waals surface area contributed by atoms with Gasteiger partial charge in [-0.1, -0.05) is 44.9 Å². The van der Waals surface area contributed by atoms with Crippen molar-refractivity contribution in [3.05, 3.63) is 6.92 Å². The van der Waals surface area contributed by atoms with Gasteiger partial charge in [0.25, 0.3) is 0 Å². The third kappa shape index (κ3) is 1.67. The highest BCUT2D eigenvalue weighted by atomic mass is 14.4. The second-order valence-electron chi connectivity index (χ2n) is 4.75. The molecule has 2 fully saturated rings. The first-order chi connectivity index (χ1) is 5.88. The summed E-state index contributed by atoms with van der Waals surface area (Å²) in [5, 5.41) is 0. The van der Waals surface area contributed by atoms with Crippen LogP contribution < -0.4 is 0 Å². The Morgan fingerprint density at radius 2 is 1.33 bits per heavy atom. The Morgan fingerprint density at radius 1 is 0.750 bits per heavy atom. The van der Waals surface area contributed by atoms with E-state index < -0.39 is 0 Å². The molecule has 12 heavy (non-hydrogen) atoms. The van der Waals surface area contributed by atoms with Gasteiger partial charge in [0.15, 0.2) is 0 Å². The minimum Gasteiger partial charge on any atom is -0.0530 e. The highest BCUT2D eigenvalue weighted by molar-refractivity contribution is 4.84. The summed E-state index contributed by atoms with van der Waals surface area (Å²) in [5.41, 5.74) is 0. The molecular formula is C12H21. The van der Waals surface area contributed by atoms with Crippen LogP contribution in [0.5, 0.6) is 0 Å². The fraction of sp³-hybridized carbons (Fsp3) is 0.917. The van der Waals surface area contributed by atoms with Crippen LogP contribution in [0.3, 0.4) is 0 Å². The summed E-state index contributed by atoms with van der Waals surface area (Å²) in [5.74, 6) is 2.86. The fourth-order valence-corrected chi connectivity index (χ4v) is 3.24. The molecule has 0 amide bonds. The van der Waals surface area contributed by atoms with Gasteiger partial charge < -0.3 is 0 Å². The molecule has 2 atom stereocenters. The first kappa shape index (κ1) is 8.59. The summed E-state index contributed by atoms with van der Waals surface area (Å²) in [6, 6.07) is 0. The van der Waals surface area contributed by atoms with E-state index in [2.05, 4.69) is 6.92 Å². The zero-order chi connectivity index (χ0) is 8.39. The Hall–Kier alpha value is 0. The largest absolute Gasteiger partial charge is 0.0530 e. The molecule has 2 unspecified atom stereocenters.